The molecule has 0 unspecified atom stereocenters. The first-order valence-corrected chi connectivity index (χ1v) is 10.9. The average Bonchev–Trinajstić information content (AvgIpc) is 3.08. The van der Waals surface area contributed by atoms with Gasteiger partial charge in [0.25, 0.3) is 10.0 Å². The lowest BCUT2D eigenvalue weighted by atomic mass is 10.2. The smallest absolute Gasteiger partial charge is 0.271 e. The second-order valence-electron chi connectivity index (χ2n) is 5.28. The quantitative estimate of drug-likeness (QED) is 0.893. The minimum atomic E-state index is -3.60. The summed E-state index contributed by atoms with van der Waals surface area (Å²) in [4.78, 5) is 0. The van der Waals surface area contributed by atoms with Crippen LogP contribution in [0.3, 0.4) is 0 Å². The van der Waals surface area contributed by atoms with Crippen molar-refractivity contribution in [3.8, 4) is 0 Å². The lowest BCUT2D eigenvalue weighted by molar-refractivity contribution is 0.598. The van der Waals surface area contributed by atoms with Crippen molar-refractivity contribution in [1.82, 2.24) is 0 Å². The minimum Gasteiger partial charge on any atom is -0.279 e. The molecule has 124 valence electrons. The van der Waals surface area contributed by atoms with Gasteiger partial charge in [-0.25, -0.2) is 16.8 Å². The van der Waals surface area contributed by atoms with E-state index in [-0.39, 0.29) is 9.96 Å². The van der Waals surface area contributed by atoms with Crippen LogP contribution in [0.5, 0.6) is 0 Å². The highest BCUT2D eigenvalue weighted by molar-refractivity contribution is 7.94. The summed E-state index contributed by atoms with van der Waals surface area (Å²) < 4.78 is 52.6. The van der Waals surface area contributed by atoms with Crippen LogP contribution in [0.15, 0.2) is 39.9 Å². The number of nitrogens with zero attached hydrogens (tertiary/aromatic N) is 1. The van der Waals surface area contributed by atoms with Gasteiger partial charge in [0.05, 0.1) is 11.4 Å². The van der Waals surface area contributed by atoms with E-state index in [0.717, 1.165) is 11.3 Å². The van der Waals surface area contributed by atoms with Crippen LogP contribution >= 0.6 is 11.3 Å². The second-order valence-corrected chi connectivity index (χ2v) is 10.2. The molecule has 2 heterocycles. The molecule has 1 aromatic carbocycles. The molecule has 1 fully saturated rings. The van der Waals surface area contributed by atoms with Crippen molar-refractivity contribution in [1.29, 1.82) is 0 Å². The Balaban J connectivity index is 1.89. The Hall–Kier alpha value is -1.58. The molecule has 0 atom stereocenters. The van der Waals surface area contributed by atoms with Crippen molar-refractivity contribution < 1.29 is 16.8 Å². The molecule has 1 saturated heterocycles. The summed E-state index contributed by atoms with van der Waals surface area (Å²) in [6, 6.07) is 8.08. The Morgan fingerprint density at radius 3 is 2.61 bits per heavy atom. The molecular formula is C14H16N2O4S3. The average molecular weight is 372 g/mol. The van der Waals surface area contributed by atoms with Crippen LogP contribution < -0.4 is 9.03 Å². The summed E-state index contributed by atoms with van der Waals surface area (Å²) in [6.45, 7) is 2.23. The second kappa shape index (κ2) is 5.81. The van der Waals surface area contributed by atoms with Crippen LogP contribution in [-0.4, -0.2) is 29.1 Å². The molecule has 2 aromatic rings. The predicted molar refractivity (Wildman–Crippen MR) is 92.1 cm³/mol. The van der Waals surface area contributed by atoms with Gasteiger partial charge in [-0.3, -0.25) is 9.03 Å². The van der Waals surface area contributed by atoms with Gasteiger partial charge in [0.2, 0.25) is 10.0 Å². The standard InChI is InChI=1S/C14H16N2O4S3/c1-11-10-12(15-23(19,20)14-4-2-8-21-14)5-6-13(11)16-7-3-9-22(16,17)18/h2,4-6,8,10,15H,3,7,9H2,1H3. The van der Waals surface area contributed by atoms with Gasteiger partial charge in [0, 0.05) is 12.2 Å². The molecule has 0 spiro atoms. The highest BCUT2D eigenvalue weighted by Gasteiger charge is 2.29. The van der Waals surface area contributed by atoms with Crippen molar-refractivity contribution in [2.75, 3.05) is 21.3 Å². The molecule has 6 nitrogen and oxygen atoms in total. The molecule has 1 aliphatic rings. The first-order valence-electron chi connectivity index (χ1n) is 6.97. The third kappa shape index (κ3) is 3.22. The van der Waals surface area contributed by atoms with Crippen LogP contribution in [0.4, 0.5) is 11.4 Å². The third-order valence-electron chi connectivity index (χ3n) is 3.58. The number of anilines is 2. The fourth-order valence-corrected chi connectivity index (χ4v) is 6.20. The summed E-state index contributed by atoms with van der Waals surface area (Å²) in [6.07, 6.45) is 0.606. The minimum absolute atomic E-state index is 0.152. The van der Waals surface area contributed by atoms with E-state index in [2.05, 4.69) is 4.72 Å². The topological polar surface area (TPSA) is 83.6 Å². The zero-order valence-electron chi connectivity index (χ0n) is 12.4. The van der Waals surface area contributed by atoms with Crippen molar-refractivity contribution >= 4 is 42.8 Å². The van der Waals surface area contributed by atoms with Crippen molar-refractivity contribution in [2.45, 2.75) is 17.6 Å². The van der Waals surface area contributed by atoms with Crippen LogP contribution in [0, 0.1) is 6.92 Å². The van der Waals surface area contributed by atoms with E-state index >= 15 is 0 Å². The molecule has 9 heteroatoms. The number of nitrogens with one attached hydrogen (secondary N) is 1. The van der Waals surface area contributed by atoms with Gasteiger partial charge in [-0.05, 0) is 48.6 Å². The lowest BCUT2D eigenvalue weighted by Crippen LogP contribution is -2.25. The van der Waals surface area contributed by atoms with E-state index in [0.29, 0.717) is 29.9 Å². The van der Waals surface area contributed by atoms with Crippen molar-refractivity contribution in [3.05, 3.63) is 41.3 Å². The Morgan fingerprint density at radius 2 is 2.04 bits per heavy atom. The Kier molecular flexibility index (Phi) is 4.11. The van der Waals surface area contributed by atoms with E-state index in [1.54, 1.807) is 36.6 Å². The molecule has 1 aliphatic heterocycles. The summed E-state index contributed by atoms with van der Waals surface area (Å²) in [5.41, 5.74) is 1.72. The molecule has 0 aliphatic carbocycles. The maximum Gasteiger partial charge on any atom is 0.271 e. The summed E-state index contributed by atoms with van der Waals surface area (Å²) in [5, 5.41) is 1.70. The van der Waals surface area contributed by atoms with Crippen LogP contribution in [0.25, 0.3) is 0 Å². The largest absolute Gasteiger partial charge is 0.279 e. The summed E-state index contributed by atoms with van der Waals surface area (Å²) in [7, 11) is -6.85. The summed E-state index contributed by atoms with van der Waals surface area (Å²) in [5.74, 6) is 0.152. The first kappa shape index (κ1) is 16.3. The molecule has 1 N–H and O–H groups in total. The fourth-order valence-electron chi connectivity index (χ4n) is 2.53. The van der Waals surface area contributed by atoms with Crippen molar-refractivity contribution in [2.24, 2.45) is 0 Å². The van der Waals surface area contributed by atoms with E-state index in [1.165, 1.54) is 10.4 Å². The number of benzene rings is 1. The molecule has 0 amide bonds. The van der Waals surface area contributed by atoms with Crippen molar-refractivity contribution in [3.63, 3.8) is 0 Å². The highest BCUT2D eigenvalue weighted by Crippen LogP contribution is 2.30. The Labute approximate surface area is 139 Å². The lowest BCUT2D eigenvalue weighted by Gasteiger charge is -2.20. The predicted octanol–water partition coefficient (Wildman–Crippen LogP) is 2.40. The van der Waals surface area contributed by atoms with Gasteiger partial charge >= 0.3 is 0 Å². The van der Waals surface area contributed by atoms with E-state index in [4.69, 9.17) is 0 Å². The van der Waals surface area contributed by atoms with Gasteiger partial charge in [0.15, 0.2) is 0 Å². The Bertz CT molecular complexity index is 919. The Morgan fingerprint density at radius 1 is 1.26 bits per heavy atom. The number of hydrogen-bond donors (Lipinski definition) is 1. The van der Waals surface area contributed by atoms with E-state index in [9.17, 15) is 16.8 Å². The van der Waals surface area contributed by atoms with E-state index < -0.39 is 20.0 Å². The zero-order chi connectivity index (χ0) is 16.7. The van der Waals surface area contributed by atoms with Gasteiger partial charge in [-0.2, -0.15) is 0 Å². The van der Waals surface area contributed by atoms with Gasteiger partial charge in [-0.1, -0.05) is 6.07 Å². The monoisotopic (exact) mass is 372 g/mol. The number of aryl methyl sites for hydroxylation is 1. The maximum atomic E-state index is 12.2. The molecule has 1 aromatic heterocycles. The van der Waals surface area contributed by atoms with Gasteiger partial charge in [-0.15, -0.1) is 11.3 Å². The summed E-state index contributed by atoms with van der Waals surface area (Å²) >= 11 is 1.14. The SMILES string of the molecule is Cc1cc(NS(=O)(=O)c2cccs2)ccc1N1CCCS1(=O)=O. The van der Waals surface area contributed by atoms with E-state index in [1.807, 2.05) is 0 Å². The molecule has 0 radical (unpaired) electrons. The van der Waals surface area contributed by atoms with Crippen LogP contribution in [-0.2, 0) is 20.0 Å². The van der Waals surface area contributed by atoms with Gasteiger partial charge < -0.3 is 0 Å². The zero-order valence-corrected chi connectivity index (χ0v) is 14.8. The maximum absolute atomic E-state index is 12.2. The third-order valence-corrected chi connectivity index (χ3v) is 8.21. The van der Waals surface area contributed by atoms with Gasteiger partial charge in [0.1, 0.15) is 4.21 Å². The molecular weight excluding hydrogens is 356 g/mol. The molecule has 0 saturated carbocycles. The normalized spacial score (nSPS) is 17.3. The van der Waals surface area contributed by atoms with Crippen LogP contribution in [0.2, 0.25) is 0 Å². The highest BCUT2D eigenvalue weighted by atomic mass is 32.2. The molecule has 23 heavy (non-hydrogen) atoms. The number of rotatable bonds is 4. The first-order chi connectivity index (χ1) is 10.8. The number of sulfonamides is 2. The molecule has 0 bridgehead atoms. The molecule has 3 rings (SSSR count). The fraction of sp³-hybridized carbons (Fsp3) is 0.286. The number of thiophene rings is 1. The number of hydrogen-bond acceptors (Lipinski definition) is 5. The van der Waals surface area contributed by atoms with Crippen LogP contribution in [0.1, 0.15) is 12.0 Å².